The van der Waals surface area contributed by atoms with Gasteiger partial charge in [-0.15, -0.1) is 0 Å². The topological polar surface area (TPSA) is 26.3 Å². The summed E-state index contributed by atoms with van der Waals surface area (Å²) in [6, 6.07) is 6.23. The van der Waals surface area contributed by atoms with E-state index in [9.17, 15) is 44.3 Å². The molecule has 0 amide bonds. The largest absolute Gasteiger partial charge is 0.666 e. The highest BCUT2D eigenvalue weighted by Crippen LogP contribution is 2.28. The Balaban J connectivity index is 2.36. The molecule has 4 aromatic carbocycles. The van der Waals surface area contributed by atoms with E-state index in [1.165, 1.54) is 24.1 Å². The van der Waals surface area contributed by atoms with E-state index in [-0.39, 0.29) is 5.56 Å². The van der Waals surface area contributed by atoms with Crippen molar-refractivity contribution in [3.05, 3.63) is 123 Å². The highest BCUT2D eigenvalue weighted by molar-refractivity contribution is 7.08. The lowest BCUT2D eigenvalue weighted by Gasteiger charge is -2.43. The van der Waals surface area contributed by atoms with Crippen molar-refractivity contribution in [2.75, 3.05) is 0 Å². The van der Waals surface area contributed by atoms with Crippen molar-refractivity contribution in [3.8, 4) is 11.8 Å². The van der Waals surface area contributed by atoms with E-state index in [1.807, 2.05) is 5.92 Å². The lowest BCUT2D eigenvalue weighted by molar-refractivity contribution is -0.128. The highest BCUT2D eigenvalue weighted by Gasteiger charge is 2.51. The van der Waals surface area contributed by atoms with Gasteiger partial charge in [-0.25, -0.2) is 70.7 Å². The fourth-order valence-electron chi connectivity index (χ4n) is 4.38. The summed E-state index contributed by atoms with van der Waals surface area (Å²) in [6.07, 6.45) is -6.49. The van der Waals surface area contributed by atoms with E-state index in [0.29, 0.717) is 0 Å². The fraction of sp³-hybridized carbons (Fsp3) is 0. The molecule has 18 heteroatoms. The zero-order valence-corrected chi connectivity index (χ0v) is 21.0. The summed E-state index contributed by atoms with van der Waals surface area (Å²) in [5, 5.41) is 0. The van der Waals surface area contributed by atoms with Crippen LogP contribution in [0.15, 0.2) is 30.3 Å². The Labute approximate surface area is 239 Å². The molecule has 0 aliphatic heterocycles. The first kappa shape index (κ1) is 32.8. The van der Waals surface area contributed by atoms with Crippen LogP contribution < -0.4 is 16.4 Å². The Morgan fingerprint density at radius 3 is 1.00 bits per heavy atom. The molecule has 0 aliphatic rings. The number of halogens is 15. The van der Waals surface area contributed by atoms with Crippen molar-refractivity contribution >= 4 is 28.7 Å². The van der Waals surface area contributed by atoms with Gasteiger partial charge in [0.15, 0.2) is 52.4 Å². The van der Waals surface area contributed by atoms with Crippen molar-refractivity contribution in [2.45, 2.75) is 0 Å². The summed E-state index contributed by atoms with van der Waals surface area (Å²) in [6.45, 7) is 0. The minimum atomic E-state index is -6.49. The molecule has 0 atom stereocenters. The third-order valence-corrected chi connectivity index (χ3v) is 6.32. The quantitative estimate of drug-likeness (QED) is 0.0976. The minimum Gasteiger partial charge on any atom is -0.666 e. The van der Waals surface area contributed by atoms with Gasteiger partial charge in [0, 0.05) is 11.5 Å². The van der Waals surface area contributed by atoms with E-state index in [4.69, 9.17) is 0 Å². The molecule has 0 saturated heterocycles. The summed E-state index contributed by atoms with van der Waals surface area (Å²) in [7, 11) is 0. The Bertz CT molecular complexity index is 1710. The van der Waals surface area contributed by atoms with Gasteiger partial charge < -0.3 is 4.65 Å². The number of benzene rings is 4. The number of hydrogen-bond acceptors (Lipinski definition) is 2. The van der Waals surface area contributed by atoms with Gasteiger partial charge in [0.25, 0.3) is 6.35 Å². The van der Waals surface area contributed by atoms with Crippen molar-refractivity contribution in [1.29, 1.82) is 0 Å². The molecule has 4 aromatic rings. The average molecular weight is 657 g/mol. The van der Waals surface area contributed by atoms with Crippen LogP contribution in [0.25, 0.3) is 0 Å². The predicted molar refractivity (Wildman–Crippen MR) is 123 cm³/mol. The molecule has 0 saturated carbocycles. The van der Waals surface area contributed by atoms with Crippen LogP contribution in [0.1, 0.15) is 5.56 Å². The van der Waals surface area contributed by atoms with Gasteiger partial charge in [0.1, 0.15) is 34.9 Å². The van der Waals surface area contributed by atoms with Crippen LogP contribution in [0.4, 0.5) is 65.9 Å². The van der Waals surface area contributed by atoms with Crippen molar-refractivity contribution in [1.82, 2.24) is 0 Å². The van der Waals surface area contributed by atoms with E-state index in [1.54, 1.807) is 0 Å². The van der Waals surface area contributed by atoms with Crippen molar-refractivity contribution < 1.29 is 75.3 Å². The second kappa shape index (κ2) is 11.8. The number of carbonyl (C=O) groups is 1. The monoisotopic (exact) mass is 657 g/mol. The van der Waals surface area contributed by atoms with Crippen LogP contribution in [0.2, 0.25) is 0 Å². The number of hydrogen-bond donors (Lipinski definition) is 0. The van der Waals surface area contributed by atoms with Gasteiger partial charge >= 0.3 is 5.97 Å². The minimum absolute atomic E-state index is 0.170. The SMILES string of the molecule is O=C(C#Cc1ccccc1)O[B-](c1c(F)c(F)c(F)c(F)c1F)(c1c(F)c(F)c(F)c(F)c1F)c1c(F)c(F)c(F)c(F)c1F. The molecule has 234 valence electrons. The maximum atomic E-state index is 15.3. The molecule has 0 radical (unpaired) electrons. The first-order valence-corrected chi connectivity index (χ1v) is 11.5. The zero-order valence-electron chi connectivity index (χ0n) is 21.0. The first-order valence-electron chi connectivity index (χ1n) is 11.5. The van der Waals surface area contributed by atoms with Crippen molar-refractivity contribution in [3.63, 3.8) is 0 Å². The van der Waals surface area contributed by atoms with E-state index < -0.39 is 116 Å². The second-order valence-corrected chi connectivity index (χ2v) is 8.76. The van der Waals surface area contributed by atoms with Crippen LogP contribution in [0.5, 0.6) is 0 Å². The third-order valence-electron chi connectivity index (χ3n) is 6.32. The van der Waals surface area contributed by atoms with Gasteiger partial charge in [-0.2, -0.15) is 0 Å². The Morgan fingerprint density at radius 1 is 0.444 bits per heavy atom. The predicted octanol–water partition coefficient (Wildman–Crippen LogP) is 5.33. The van der Waals surface area contributed by atoms with Crippen LogP contribution in [-0.4, -0.2) is 12.3 Å². The first-order chi connectivity index (χ1) is 21.0. The summed E-state index contributed by atoms with van der Waals surface area (Å²) < 4.78 is 225. The highest BCUT2D eigenvalue weighted by atomic mass is 19.2. The molecular formula is C27H5BF15O2-. The lowest BCUT2D eigenvalue weighted by atomic mass is 9.27. The standard InChI is InChI=1S/C27H5BF15O2/c29-13-10(14(30)20(36)25(41)19(13)35)28(11-15(31)21(37)26(42)22(38)16(11)32,12-17(33)23(39)27(43)24(40)18(12)34)45-9(44)7-6-8-4-2-1-3-5-8/h1-5H/q-1. The summed E-state index contributed by atoms with van der Waals surface area (Å²) in [4.78, 5) is 12.8. The second-order valence-electron chi connectivity index (χ2n) is 8.76. The van der Waals surface area contributed by atoms with Gasteiger partial charge in [0.2, 0.25) is 0 Å². The normalized spacial score (nSPS) is 11.4. The Morgan fingerprint density at radius 2 is 0.711 bits per heavy atom. The van der Waals surface area contributed by atoms with E-state index in [0.717, 1.165) is 12.1 Å². The van der Waals surface area contributed by atoms with Gasteiger partial charge in [0.05, 0.1) is 0 Å². The summed E-state index contributed by atoms with van der Waals surface area (Å²) in [5.74, 6) is -47.9. The maximum absolute atomic E-state index is 15.3. The third kappa shape index (κ3) is 5.01. The molecule has 0 heterocycles. The zero-order chi connectivity index (χ0) is 33.7. The van der Waals surface area contributed by atoms with Crippen LogP contribution >= 0.6 is 0 Å². The molecule has 0 fully saturated rings. The molecule has 0 unspecified atom stereocenters. The van der Waals surface area contributed by atoms with Gasteiger partial charge in [-0.1, -0.05) is 40.5 Å². The van der Waals surface area contributed by atoms with Crippen molar-refractivity contribution in [2.24, 2.45) is 0 Å². The Kier molecular flexibility index (Phi) is 8.60. The molecule has 45 heavy (non-hydrogen) atoms. The van der Waals surface area contributed by atoms with Crippen LogP contribution in [-0.2, 0) is 9.45 Å². The molecule has 2 nitrogen and oxygen atoms in total. The fourth-order valence-corrected chi connectivity index (χ4v) is 4.38. The smallest absolute Gasteiger partial charge is 0.337 e. The molecule has 0 bridgehead atoms. The molecule has 4 rings (SSSR count). The summed E-state index contributed by atoms with van der Waals surface area (Å²) in [5.41, 5.74) is -9.44. The molecule has 0 spiro atoms. The Hall–Kier alpha value is -5.08. The van der Waals surface area contributed by atoms with Gasteiger partial charge in [-0.3, -0.25) is 0 Å². The molecule has 0 aromatic heterocycles. The van der Waals surface area contributed by atoms with Gasteiger partial charge in [-0.05, 0) is 12.1 Å². The molecule has 0 aliphatic carbocycles. The lowest BCUT2D eigenvalue weighted by Crippen LogP contribution is -2.75. The average Bonchev–Trinajstić information content (AvgIpc) is 3.02. The summed E-state index contributed by atoms with van der Waals surface area (Å²) >= 11 is 0. The van der Waals surface area contributed by atoms with E-state index >= 15 is 26.3 Å². The maximum Gasteiger partial charge on any atom is 0.337 e. The molecular weight excluding hydrogens is 652 g/mol. The van der Waals surface area contributed by atoms with Crippen LogP contribution in [0.3, 0.4) is 0 Å². The van der Waals surface area contributed by atoms with Crippen LogP contribution in [0, 0.1) is 99.1 Å². The molecule has 0 N–H and O–H groups in total. The number of rotatable bonds is 4. The van der Waals surface area contributed by atoms with E-state index in [2.05, 4.69) is 4.65 Å². The number of carbonyl (C=O) groups excluding carboxylic acids is 1.